The summed E-state index contributed by atoms with van der Waals surface area (Å²) in [6.07, 6.45) is 2.93. The Labute approximate surface area is 170 Å². The van der Waals surface area contributed by atoms with Crippen LogP contribution in [0.4, 0.5) is 4.79 Å². The van der Waals surface area contributed by atoms with Crippen molar-refractivity contribution in [2.24, 2.45) is 4.99 Å². The lowest BCUT2D eigenvalue weighted by atomic mass is 10.2. The molecule has 2 rings (SSSR count). The molecule has 28 heavy (non-hydrogen) atoms. The first-order valence-electron chi connectivity index (χ1n) is 9.46. The molecule has 0 spiro atoms. The first kappa shape index (κ1) is 21.8. The Bertz CT molecular complexity index is 706. The fourth-order valence-corrected chi connectivity index (χ4v) is 3.02. The van der Waals surface area contributed by atoms with Gasteiger partial charge in [-0.15, -0.1) is 11.3 Å². The van der Waals surface area contributed by atoms with Crippen LogP contribution < -0.4 is 16.0 Å². The van der Waals surface area contributed by atoms with Gasteiger partial charge in [-0.25, -0.2) is 4.79 Å². The van der Waals surface area contributed by atoms with Gasteiger partial charge in [0.15, 0.2) is 5.96 Å². The molecule has 8 heteroatoms. The number of nitrogens with zero attached hydrogens (tertiary/aromatic N) is 1. The van der Waals surface area contributed by atoms with Crippen LogP contribution in [-0.4, -0.2) is 43.8 Å². The monoisotopic (exact) mass is 406 g/mol. The van der Waals surface area contributed by atoms with Gasteiger partial charge in [0, 0.05) is 43.9 Å². The molecule has 154 valence electrons. The summed E-state index contributed by atoms with van der Waals surface area (Å²) in [5, 5.41) is 11.3. The van der Waals surface area contributed by atoms with Crippen molar-refractivity contribution in [1.82, 2.24) is 16.0 Å². The minimum absolute atomic E-state index is 0.420. The van der Waals surface area contributed by atoms with E-state index in [0.29, 0.717) is 32.1 Å². The summed E-state index contributed by atoms with van der Waals surface area (Å²) in [5.74, 6) is 1.64. The van der Waals surface area contributed by atoms with Gasteiger partial charge in [-0.3, -0.25) is 4.99 Å². The highest BCUT2D eigenvalue weighted by Crippen LogP contribution is 2.09. The van der Waals surface area contributed by atoms with E-state index in [9.17, 15) is 4.79 Å². The average molecular weight is 407 g/mol. The third kappa shape index (κ3) is 9.45. The van der Waals surface area contributed by atoms with Gasteiger partial charge in [0.05, 0.1) is 6.26 Å². The Morgan fingerprint density at radius 2 is 1.89 bits per heavy atom. The summed E-state index contributed by atoms with van der Waals surface area (Å²) in [6.45, 7) is 7.90. The smallest absolute Gasteiger partial charge is 0.407 e. The minimum atomic E-state index is -0.501. The summed E-state index contributed by atoms with van der Waals surface area (Å²) in [4.78, 5) is 17.6. The molecule has 0 saturated heterocycles. The number of ether oxygens (including phenoxy) is 1. The summed E-state index contributed by atoms with van der Waals surface area (Å²) >= 11 is 1.74. The highest BCUT2D eigenvalue weighted by Gasteiger charge is 2.15. The molecule has 0 fully saturated rings. The first-order valence-corrected chi connectivity index (χ1v) is 10.3. The second kappa shape index (κ2) is 11.4. The van der Waals surface area contributed by atoms with Crippen molar-refractivity contribution < 1.29 is 13.9 Å². The Kier molecular flexibility index (Phi) is 8.87. The summed E-state index contributed by atoms with van der Waals surface area (Å²) in [7, 11) is 0. The number of amides is 1. The van der Waals surface area contributed by atoms with Crippen molar-refractivity contribution in [2.45, 2.75) is 39.2 Å². The third-order valence-corrected chi connectivity index (χ3v) is 4.47. The molecular weight excluding hydrogens is 376 g/mol. The number of thiophene rings is 1. The van der Waals surface area contributed by atoms with Gasteiger partial charge in [0.2, 0.25) is 0 Å². The van der Waals surface area contributed by atoms with Crippen molar-refractivity contribution in [3.63, 3.8) is 0 Å². The largest absolute Gasteiger partial charge is 0.469 e. The highest BCUT2D eigenvalue weighted by atomic mass is 32.1. The van der Waals surface area contributed by atoms with Crippen molar-refractivity contribution in [3.05, 3.63) is 46.5 Å². The lowest BCUT2D eigenvalue weighted by Gasteiger charge is -2.20. The van der Waals surface area contributed by atoms with Gasteiger partial charge < -0.3 is 25.1 Å². The normalized spacial score (nSPS) is 11.9. The van der Waals surface area contributed by atoms with E-state index >= 15 is 0 Å². The van der Waals surface area contributed by atoms with Gasteiger partial charge in [-0.05, 0) is 44.4 Å². The van der Waals surface area contributed by atoms with Crippen LogP contribution in [0.25, 0.3) is 0 Å². The van der Waals surface area contributed by atoms with Crippen molar-refractivity contribution in [1.29, 1.82) is 0 Å². The van der Waals surface area contributed by atoms with Gasteiger partial charge in [-0.2, -0.15) is 0 Å². The van der Waals surface area contributed by atoms with Crippen LogP contribution in [0.2, 0.25) is 0 Å². The molecule has 2 heterocycles. The van der Waals surface area contributed by atoms with E-state index in [0.717, 1.165) is 18.6 Å². The SMILES string of the molecule is CC(C)(C)OC(=O)NCCNC(=NCCc1cccs1)NCCc1ccco1. The minimum Gasteiger partial charge on any atom is -0.469 e. The molecule has 0 saturated carbocycles. The molecule has 2 aromatic rings. The molecule has 3 N–H and O–H groups in total. The lowest BCUT2D eigenvalue weighted by molar-refractivity contribution is 0.0529. The van der Waals surface area contributed by atoms with E-state index < -0.39 is 11.7 Å². The van der Waals surface area contributed by atoms with Gasteiger partial charge in [0.1, 0.15) is 11.4 Å². The Morgan fingerprint density at radius 1 is 1.11 bits per heavy atom. The van der Waals surface area contributed by atoms with Crippen molar-refractivity contribution in [2.75, 3.05) is 26.2 Å². The molecule has 7 nitrogen and oxygen atoms in total. The average Bonchev–Trinajstić information content (AvgIpc) is 3.30. The zero-order chi connectivity index (χ0) is 20.2. The molecule has 0 atom stereocenters. The van der Waals surface area contributed by atoms with Crippen molar-refractivity contribution >= 4 is 23.4 Å². The standard InChI is InChI=1S/C20H30N4O3S/c1-20(2,3)27-19(25)24-13-12-23-18(21-10-8-16-6-4-14-26-16)22-11-9-17-7-5-15-28-17/h4-7,14-15H,8-13H2,1-3H3,(H,24,25)(H2,21,22,23). The Morgan fingerprint density at radius 3 is 2.57 bits per heavy atom. The predicted molar refractivity (Wildman–Crippen MR) is 113 cm³/mol. The van der Waals surface area contributed by atoms with Crippen LogP contribution >= 0.6 is 11.3 Å². The number of guanidine groups is 1. The maximum Gasteiger partial charge on any atom is 0.407 e. The molecular formula is C20H30N4O3S. The third-order valence-electron chi connectivity index (χ3n) is 3.54. The van der Waals surface area contributed by atoms with Gasteiger partial charge in [0.25, 0.3) is 0 Å². The topological polar surface area (TPSA) is 87.9 Å². The molecule has 0 aromatic carbocycles. The molecule has 0 aliphatic carbocycles. The molecule has 1 amide bonds. The van der Waals surface area contributed by atoms with Gasteiger partial charge in [-0.1, -0.05) is 6.07 Å². The van der Waals surface area contributed by atoms with Crippen molar-refractivity contribution in [3.8, 4) is 0 Å². The van der Waals surface area contributed by atoms with Crippen LogP contribution in [0.1, 0.15) is 31.4 Å². The maximum atomic E-state index is 11.7. The maximum absolute atomic E-state index is 11.7. The molecule has 0 unspecified atom stereocenters. The fourth-order valence-electron chi connectivity index (χ4n) is 2.33. The molecule has 0 aliphatic rings. The van der Waals surface area contributed by atoms with E-state index in [1.807, 2.05) is 39.0 Å². The highest BCUT2D eigenvalue weighted by molar-refractivity contribution is 7.09. The lowest BCUT2D eigenvalue weighted by Crippen LogP contribution is -2.43. The Hall–Kier alpha value is -2.48. The van der Waals surface area contributed by atoms with Crippen LogP contribution in [-0.2, 0) is 17.6 Å². The second-order valence-corrected chi connectivity index (χ2v) is 8.20. The Balaban J connectivity index is 1.74. The second-order valence-electron chi connectivity index (χ2n) is 7.17. The number of furan rings is 1. The summed E-state index contributed by atoms with van der Waals surface area (Å²) in [5.41, 5.74) is -0.501. The number of rotatable bonds is 9. The molecule has 0 bridgehead atoms. The summed E-state index contributed by atoms with van der Waals surface area (Å²) < 4.78 is 10.6. The zero-order valence-corrected chi connectivity index (χ0v) is 17.6. The van der Waals surface area contributed by atoms with Crippen LogP contribution in [0, 0.1) is 0 Å². The number of nitrogens with one attached hydrogen (secondary N) is 3. The van der Waals surface area contributed by atoms with E-state index in [1.165, 1.54) is 4.88 Å². The number of carbonyl (C=O) groups excluding carboxylic acids is 1. The van der Waals surface area contributed by atoms with E-state index in [4.69, 9.17) is 9.15 Å². The van der Waals surface area contributed by atoms with Crippen LogP contribution in [0.5, 0.6) is 0 Å². The van der Waals surface area contributed by atoms with E-state index in [2.05, 4.69) is 32.4 Å². The van der Waals surface area contributed by atoms with Crippen LogP contribution in [0.15, 0.2) is 45.3 Å². The quantitative estimate of drug-likeness (QED) is 0.338. The first-order chi connectivity index (χ1) is 13.4. The fraction of sp³-hybridized carbons (Fsp3) is 0.500. The number of alkyl carbamates (subject to hydrolysis) is 1. The number of hydrogen-bond acceptors (Lipinski definition) is 5. The van der Waals surface area contributed by atoms with E-state index in [1.54, 1.807) is 17.6 Å². The zero-order valence-electron chi connectivity index (χ0n) is 16.8. The molecule has 2 aromatic heterocycles. The number of aliphatic imine (C=N–C) groups is 1. The molecule has 0 radical (unpaired) electrons. The predicted octanol–water partition coefficient (Wildman–Crippen LogP) is 3.19. The summed E-state index contributed by atoms with van der Waals surface area (Å²) in [6, 6.07) is 7.99. The molecule has 0 aliphatic heterocycles. The van der Waals surface area contributed by atoms with Gasteiger partial charge >= 0.3 is 6.09 Å². The number of hydrogen-bond donors (Lipinski definition) is 3. The number of carbonyl (C=O) groups is 1. The van der Waals surface area contributed by atoms with Crippen LogP contribution in [0.3, 0.4) is 0 Å². The van der Waals surface area contributed by atoms with E-state index in [-0.39, 0.29) is 0 Å².